The van der Waals surface area contributed by atoms with Crippen LogP contribution in [0.15, 0.2) is 29.1 Å². The van der Waals surface area contributed by atoms with E-state index in [-0.39, 0.29) is 5.56 Å². The topological polar surface area (TPSA) is 67.8 Å². The monoisotopic (exact) mass is 529 g/mol. The molecule has 152 valence electrons. The normalized spacial score (nSPS) is 13.6. The molecule has 5 nitrogen and oxygen atoms in total. The van der Waals surface area contributed by atoms with Crippen molar-refractivity contribution >= 4 is 50.4 Å². The smallest absolute Gasteiger partial charge is 0.260 e. The summed E-state index contributed by atoms with van der Waals surface area (Å²) in [6, 6.07) is 8.15. The summed E-state index contributed by atoms with van der Waals surface area (Å²) in [6.45, 7) is 3.90. The third kappa shape index (κ3) is 2.98. The van der Waals surface area contributed by atoms with Crippen molar-refractivity contribution in [1.29, 1.82) is 0 Å². The van der Waals surface area contributed by atoms with E-state index >= 15 is 0 Å². The summed E-state index contributed by atoms with van der Waals surface area (Å²) in [5, 5.41) is 0.734. The van der Waals surface area contributed by atoms with Crippen LogP contribution in [0.3, 0.4) is 0 Å². The molecule has 1 N–H and O–H groups in total. The number of thiophene rings is 1. The second-order valence-electron chi connectivity index (χ2n) is 7.69. The highest BCUT2D eigenvalue weighted by Gasteiger charge is 2.24. The summed E-state index contributed by atoms with van der Waals surface area (Å²) in [6.07, 6.45) is 5.11. The Kier molecular flexibility index (Phi) is 4.89. The molecule has 5 rings (SSSR count). The Morgan fingerprint density at radius 1 is 1.13 bits per heavy atom. The fourth-order valence-electron chi connectivity index (χ4n) is 4.56. The number of H-pyrrole nitrogens is 1. The van der Waals surface area contributed by atoms with E-state index in [0.29, 0.717) is 17.0 Å². The summed E-state index contributed by atoms with van der Waals surface area (Å²) < 4.78 is 3.20. The third-order valence-corrected chi connectivity index (χ3v) is 7.86. The van der Waals surface area contributed by atoms with Crippen LogP contribution in [0.1, 0.15) is 45.0 Å². The van der Waals surface area contributed by atoms with Crippen molar-refractivity contribution in [2.45, 2.75) is 39.5 Å². The maximum absolute atomic E-state index is 13.0. The molecule has 0 radical (unpaired) electrons. The molecule has 1 aromatic carbocycles. The van der Waals surface area contributed by atoms with E-state index in [1.54, 1.807) is 11.3 Å². The minimum Gasteiger partial charge on any atom is -0.317 e. The number of aromatic amines is 1. The van der Waals surface area contributed by atoms with Crippen molar-refractivity contribution < 1.29 is 4.79 Å². The highest BCUT2D eigenvalue weighted by atomic mass is 127. The van der Waals surface area contributed by atoms with Gasteiger partial charge in [-0.3, -0.25) is 9.59 Å². The van der Waals surface area contributed by atoms with E-state index < -0.39 is 0 Å². The van der Waals surface area contributed by atoms with Gasteiger partial charge in [-0.1, -0.05) is 0 Å². The SMILES string of the molecule is Cc1c(C=O)c(-c2nc3sc4c(c3c(=O)[nH]2)CCCC4)c(C)n1-c1ccc(I)cc1. The Labute approximate surface area is 191 Å². The van der Waals surface area contributed by atoms with Crippen LogP contribution >= 0.6 is 33.9 Å². The molecule has 1 aliphatic rings. The lowest BCUT2D eigenvalue weighted by Gasteiger charge is -2.10. The number of benzene rings is 1. The zero-order valence-electron chi connectivity index (χ0n) is 16.7. The Hall–Kier alpha value is -2.26. The maximum Gasteiger partial charge on any atom is 0.260 e. The number of nitrogens with zero attached hydrogens (tertiary/aromatic N) is 2. The number of nitrogens with one attached hydrogen (secondary N) is 1. The highest BCUT2D eigenvalue weighted by molar-refractivity contribution is 14.1. The standard InChI is InChI=1S/C23H20IN3O2S/c1-12-17(11-28)19(13(2)27(12)15-9-7-14(24)8-10-15)21-25-22(29)20-16-5-3-4-6-18(16)30-23(20)26-21/h7-11H,3-6H2,1-2H3,(H,25,26,29). The van der Waals surface area contributed by atoms with Gasteiger partial charge in [-0.15, -0.1) is 11.3 Å². The maximum atomic E-state index is 13.0. The molecule has 3 heterocycles. The number of carbonyl (C=O) groups excluding carboxylic acids is 1. The van der Waals surface area contributed by atoms with Gasteiger partial charge >= 0.3 is 0 Å². The van der Waals surface area contributed by atoms with E-state index in [4.69, 9.17) is 4.98 Å². The van der Waals surface area contributed by atoms with E-state index in [2.05, 4.69) is 32.1 Å². The van der Waals surface area contributed by atoms with E-state index in [1.807, 2.05) is 38.1 Å². The molecule has 1 aliphatic carbocycles. The number of halogens is 1. The van der Waals surface area contributed by atoms with Crippen LogP contribution in [-0.4, -0.2) is 20.8 Å². The fraction of sp³-hybridized carbons (Fsp3) is 0.261. The van der Waals surface area contributed by atoms with Gasteiger partial charge in [0.15, 0.2) is 6.29 Å². The Balaban J connectivity index is 1.75. The molecule has 4 aromatic rings. The predicted molar refractivity (Wildman–Crippen MR) is 129 cm³/mol. The van der Waals surface area contributed by atoms with Crippen LogP contribution in [0.2, 0.25) is 0 Å². The quantitative estimate of drug-likeness (QED) is 0.287. The molecule has 30 heavy (non-hydrogen) atoms. The summed E-state index contributed by atoms with van der Waals surface area (Å²) in [5.41, 5.74) is 5.04. The van der Waals surface area contributed by atoms with Gasteiger partial charge in [-0.05, 0) is 92.0 Å². The van der Waals surface area contributed by atoms with Crippen LogP contribution in [-0.2, 0) is 12.8 Å². The molecule has 0 spiro atoms. The molecule has 0 unspecified atom stereocenters. The first-order valence-corrected chi connectivity index (χ1v) is 11.9. The van der Waals surface area contributed by atoms with Gasteiger partial charge in [0, 0.05) is 36.6 Å². The fourth-order valence-corrected chi connectivity index (χ4v) is 6.18. The Morgan fingerprint density at radius 2 is 1.87 bits per heavy atom. The Bertz CT molecular complexity index is 1360. The number of aromatic nitrogens is 3. The molecule has 0 saturated carbocycles. The van der Waals surface area contributed by atoms with Crippen molar-refractivity contribution in [3.8, 4) is 17.1 Å². The lowest BCUT2D eigenvalue weighted by molar-refractivity contribution is 0.112. The van der Waals surface area contributed by atoms with E-state index in [9.17, 15) is 9.59 Å². The molecular formula is C23H20IN3O2S. The van der Waals surface area contributed by atoms with E-state index in [1.165, 1.54) is 10.4 Å². The molecule has 0 atom stereocenters. The van der Waals surface area contributed by atoms with Gasteiger partial charge < -0.3 is 9.55 Å². The third-order valence-electron chi connectivity index (χ3n) is 5.96. The van der Waals surface area contributed by atoms with Crippen LogP contribution < -0.4 is 5.56 Å². The van der Waals surface area contributed by atoms with Gasteiger partial charge in [0.2, 0.25) is 0 Å². The first-order chi connectivity index (χ1) is 14.5. The summed E-state index contributed by atoms with van der Waals surface area (Å²) >= 11 is 3.90. The van der Waals surface area contributed by atoms with Crippen molar-refractivity contribution in [2.75, 3.05) is 0 Å². The molecular weight excluding hydrogens is 509 g/mol. The minimum absolute atomic E-state index is 0.106. The van der Waals surface area contributed by atoms with E-state index in [0.717, 1.165) is 62.8 Å². The number of hydrogen-bond acceptors (Lipinski definition) is 4. The molecule has 0 amide bonds. The lowest BCUT2D eigenvalue weighted by Crippen LogP contribution is -2.11. The van der Waals surface area contributed by atoms with Gasteiger partial charge in [0.1, 0.15) is 10.7 Å². The molecule has 0 saturated heterocycles. The van der Waals surface area contributed by atoms with Crippen LogP contribution in [0.25, 0.3) is 27.3 Å². The average molecular weight is 529 g/mol. The summed E-state index contributed by atoms with van der Waals surface area (Å²) in [4.78, 5) is 35.0. The summed E-state index contributed by atoms with van der Waals surface area (Å²) in [7, 11) is 0. The van der Waals surface area contributed by atoms with Crippen molar-refractivity contribution in [3.05, 3.63) is 65.6 Å². The second kappa shape index (κ2) is 7.46. The molecule has 0 fully saturated rings. The molecule has 3 aromatic heterocycles. The average Bonchev–Trinajstić information content (AvgIpc) is 3.23. The molecule has 0 aliphatic heterocycles. The van der Waals surface area contributed by atoms with Crippen LogP contribution in [0.5, 0.6) is 0 Å². The van der Waals surface area contributed by atoms with Gasteiger partial charge in [0.05, 0.1) is 5.39 Å². The lowest BCUT2D eigenvalue weighted by atomic mass is 9.97. The zero-order valence-corrected chi connectivity index (χ0v) is 19.7. The van der Waals surface area contributed by atoms with Crippen molar-refractivity contribution in [2.24, 2.45) is 0 Å². The van der Waals surface area contributed by atoms with Crippen LogP contribution in [0, 0.1) is 17.4 Å². The first-order valence-electron chi connectivity index (χ1n) is 9.97. The van der Waals surface area contributed by atoms with Gasteiger partial charge in [-0.25, -0.2) is 4.98 Å². The van der Waals surface area contributed by atoms with Crippen LogP contribution in [0.4, 0.5) is 0 Å². The summed E-state index contributed by atoms with van der Waals surface area (Å²) in [5.74, 6) is 0.470. The zero-order chi connectivity index (χ0) is 21.0. The van der Waals surface area contributed by atoms with Crippen molar-refractivity contribution in [3.63, 3.8) is 0 Å². The Morgan fingerprint density at radius 3 is 2.60 bits per heavy atom. The largest absolute Gasteiger partial charge is 0.317 e. The highest BCUT2D eigenvalue weighted by Crippen LogP contribution is 2.36. The number of aryl methyl sites for hydroxylation is 2. The molecule has 0 bridgehead atoms. The number of rotatable bonds is 3. The van der Waals surface area contributed by atoms with Crippen molar-refractivity contribution in [1.82, 2.24) is 14.5 Å². The van der Waals surface area contributed by atoms with Gasteiger partial charge in [0.25, 0.3) is 5.56 Å². The molecule has 7 heteroatoms. The number of fused-ring (bicyclic) bond motifs is 3. The minimum atomic E-state index is -0.106. The number of aldehydes is 1. The second-order valence-corrected chi connectivity index (χ2v) is 10.0. The first kappa shape index (κ1) is 19.7. The number of hydrogen-bond donors (Lipinski definition) is 1. The number of carbonyl (C=O) groups is 1. The van der Waals surface area contributed by atoms with Gasteiger partial charge in [-0.2, -0.15) is 0 Å². The predicted octanol–water partition coefficient (Wildman–Crippen LogP) is 5.36.